The lowest BCUT2D eigenvalue weighted by Crippen LogP contribution is -2.41. The second-order valence-corrected chi connectivity index (χ2v) is 7.91. The molecule has 0 aliphatic rings. The maximum atomic E-state index is 12.1. The number of hydrogen-bond donors (Lipinski definition) is 4. The van der Waals surface area contributed by atoms with Gasteiger partial charge >= 0.3 is 0 Å². The van der Waals surface area contributed by atoms with Gasteiger partial charge in [-0.2, -0.15) is 5.10 Å². The Morgan fingerprint density at radius 2 is 1.80 bits per heavy atom. The number of nitrogens with zero attached hydrogens (tertiary/aromatic N) is 1. The SMILES string of the molecule is COc1cc(/C=N/NC(=O)CNC(=O)CNS(=O)(=O)c2ccc(C)cc2)ccc1O. The van der Waals surface area contributed by atoms with Gasteiger partial charge in [-0.15, -0.1) is 0 Å². The third kappa shape index (κ3) is 6.87. The van der Waals surface area contributed by atoms with Crippen molar-refractivity contribution in [1.29, 1.82) is 0 Å². The highest BCUT2D eigenvalue weighted by Crippen LogP contribution is 2.25. The summed E-state index contributed by atoms with van der Waals surface area (Å²) in [6, 6.07) is 10.7. The normalized spacial score (nSPS) is 11.3. The lowest BCUT2D eigenvalue weighted by atomic mass is 10.2. The Bertz CT molecular complexity index is 1040. The first-order chi connectivity index (χ1) is 14.2. The molecule has 11 heteroatoms. The minimum Gasteiger partial charge on any atom is -0.504 e. The average Bonchev–Trinajstić information content (AvgIpc) is 2.72. The number of carbonyl (C=O) groups excluding carboxylic acids is 2. The molecule has 10 nitrogen and oxygen atoms in total. The number of hydrazone groups is 1. The second kappa shape index (κ2) is 10.4. The van der Waals surface area contributed by atoms with E-state index >= 15 is 0 Å². The van der Waals surface area contributed by atoms with Gasteiger partial charge in [0.15, 0.2) is 11.5 Å². The number of aryl methyl sites for hydroxylation is 1. The number of aromatic hydroxyl groups is 1. The topological polar surface area (TPSA) is 146 Å². The zero-order valence-corrected chi connectivity index (χ0v) is 17.2. The van der Waals surface area contributed by atoms with Crippen molar-refractivity contribution in [2.45, 2.75) is 11.8 Å². The van der Waals surface area contributed by atoms with Crippen LogP contribution in [0.4, 0.5) is 0 Å². The highest BCUT2D eigenvalue weighted by Gasteiger charge is 2.15. The van der Waals surface area contributed by atoms with Gasteiger partial charge in [0, 0.05) is 0 Å². The summed E-state index contributed by atoms with van der Waals surface area (Å²) in [6.07, 6.45) is 1.33. The van der Waals surface area contributed by atoms with Crippen molar-refractivity contribution >= 4 is 28.1 Å². The Morgan fingerprint density at radius 3 is 2.47 bits per heavy atom. The van der Waals surface area contributed by atoms with Gasteiger partial charge in [-0.25, -0.2) is 18.6 Å². The summed E-state index contributed by atoms with van der Waals surface area (Å²) in [5.74, 6) is -1.05. The van der Waals surface area contributed by atoms with Gasteiger partial charge in [-0.3, -0.25) is 9.59 Å². The number of ether oxygens (including phenoxy) is 1. The van der Waals surface area contributed by atoms with E-state index in [1.54, 1.807) is 18.2 Å². The van der Waals surface area contributed by atoms with Crippen LogP contribution in [0.2, 0.25) is 0 Å². The third-order valence-electron chi connectivity index (χ3n) is 3.81. The number of nitrogens with one attached hydrogen (secondary N) is 3. The Kier molecular flexibility index (Phi) is 7.90. The van der Waals surface area contributed by atoms with Crippen LogP contribution in [-0.2, 0) is 19.6 Å². The fourth-order valence-electron chi connectivity index (χ4n) is 2.20. The first kappa shape index (κ1) is 22.8. The van der Waals surface area contributed by atoms with E-state index < -0.39 is 28.4 Å². The minimum absolute atomic E-state index is 0.0283. The van der Waals surface area contributed by atoms with Crippen molar-refractivity contribution in [3.05, 3.63) is 53.6 Å². The second-order valence-electron chi connectivity index (χ2n) is 6.14. The predicted molar refractivity (Wildman–Crippen MR) is 110 cm³/mol. The molecule has 0 aliphatic carbocycles. The lowest BCUT2D eigenvalue weighted by molar-refractivity contribution is -0.125. The number of hydrogen-bond acceptors (Lipinski definition) is 7. The molecular formula is C19H22N4O6S. The number of sulfonamides is 1. The van der Waals surface area contributed by atoms with Gasteiger partial charge in [0.25, 0.3) is 5.91 Å². The predicted octanol–water partition coefficient (Wildman–Crippen LogP) is 0.254. The smallest absolute Gasteiger partial charge is 0.259 e. The summed E-state index contributed by atoms with van der Waals surface area (Å²) in [5, 5.41) is 15.5. The van der Waals surface area contributed by atoms with Crippen LogP contribution in [0, 0.1) is 6.92 Å². The van der Waals surface area contributed by atoms with Crippen molar-refractivity contribution in [3.8, 4) is 11.5 Å². The molecule has 0 saturated heterocycles. The van der Waals surface area contributed by atoms with Gasteiger partial charge in [-0.05, 0) is 42.8 Å². The molecule has 2 aromatic rings. The number of benzene rings is 2. The van der Waals surface area contributed by atoms with Crippen molar-refractivity contribution in [2.24, 2.45) is 5.10 Å². The Hall–Kier alpha value is -3.44. The maximum absolute atomic E-state index is 12.1. The van der Waals surface area contributed by atoms with E-state index in [1.165, 1.54) is 37.6 Å². The number of phenols is 1. The molecular weight excluding hydrogens is 412 g/mol. The van der Waals surface area contributed by atoms with Crippen LogP contribution < -0.4 is 20.2 Å². The summed E-state index contributed by atoms with van der Waals surface area (Å²) in [5.41, 5.74) is 3.69. The van der Waals surface area contributed by atoms with E-state index in [4.69, 9.17) is 4.74 Å². The van der Waals surface area contributed by atoms with Gasteiger partial charge in [-0.1, -0.05) is 17.7 Å². The maximum Gasteiger partial charge on any atom is 0.259 e. The van der Waals surface area contributed by atoms with E-state index in [2.05, 4.69) is 20.6 Å². The van der Waals surface area contributed by atoms with E-state index in [0.29, 0.717) is 5.56 Å². The summed E-state index contributed by atoms with van der Waals surface area (Å²) in [6.45, 7) is 0.926. The van der Waals surface area contributed by atoms with Crippen molar-refractivity contribution in [1.82, 2.24) is 15.5 Å². The molecule has 2 rings (SSSR count). The Labute approximate surface area is 174 Å². The lowest BCUT2D eigenvalue weighted by Gasteiger charge is -2.08. The van der Waals surface area contributed by atoms with E-state index in [1.807, 2.05) is 6.92 Å². The standard InChI is InChI=1S/C19H22N4O6S/c1-13-3-6-15(7-4-13)30(27,28)22-12-18(25)20-11-19(26)23-21-10-14-5-8-16(24)17(9-14)29-2/h3-10,22,24H,11-12H2,1-2H3,(H,20,25)(H,23,26)/b21-10+. The number of rotatable bonds is 9. The van der Waals surface area contributed by atoms with E-state index in [9.17, 15) is 23.1 Å². The quantitative estimate of drug-likeness (QED) is 0.329. The summed E-state index contributed by atoms with van der Waals surface area (Å²) in [7, 11) is -2.42. The molecule has 4 N–H and O–H groups in total. The fourth-order valence-corrected chi connectivity index (χ4v) is 3.18. The van der Waals surface area contributed by atoms with Crippen molar-refractivity contribution in [2.75, 3.05) is 20.2 Å². The van der Waals surface area contributed by atoms with Gasteiger partial charge < -0.3 is 15.2 Å². The van der Waals surface area contributed by atoms with Crippen LogP contribution in [0.15, 0.2) is 52.5 Å². The van der Waals surface area contributed by atoms with Crippen LogP contribution >= 0.6 is 0 Å². The van der Waals surface area contributed by atoms with E-state index in [-0.39, 0.29) is 22.9 Å². The summed E-state index contributed by atoms with van der Waals surface area (Å²) >= 11 is 0. The minimum atomic E-state index is -3.83. The zero-order chi connectivity index (χ0) is 22.1. The van der Waals surface area contributed by atoms with Crippen LogP contribution in [0.5, 0.6) is 11.5 Å². The molecule has 2 amide bonds. The first-order valence-electron chi connectivity index (χ1n) is 8.73. The first-order valence-corrected chi connectivity index (χ1v) is 10.2. The van der Waals surface area contributed by atoms with E-state index in [0.717, 1.165) is 5.56 Å². The average molecular weight is 434 g/mol. The molecule has 0 heterocycles. The van der Waals surface area contributed by atoms with Gasteiger partial charge in [0.05, 0.1) is 31.3 Å². The van der Waals surface area contributed by atoms with Crippen LogP contribution in [0.3, 0.4) is 0 Å². The molecule has 0 saturated carbocycles. The number of amides is 2. The Balaban J connectivity index is 1.76. The molecule has 0 aromatic heterocycles. The number of phenolic OH excluding ortho intramolecular Hbond substituents is 1. The highest BCUT2D eigenvalue weighted by molar-refractivity contribution is 7.89. The highest BCUT2D eigenvalue weighted by atomic mass is 32.2. The largest absolute Gasteiger partial charge is 0.504 e. The molecule has 0 atom stereocenters. The molecule has 160 valence electrons. The fraction of sp³-hybridized carbons (Fsp3) is 0.211. The monoisotopic (exact) mass is 434 g/mol. The van der Waals surface area contributed by atoms with Crippen LogP contribution in [0.25, 0.3) is 0 Å². The molecule has 2 aromatic carbocycles. The van der Waals surface area contributed by atoms with Crippen molar-refractivity contribution in [3.63, 3.8) is 0 Å². The molecule has 0 radical (unpaired) electrons. The zero-order valence-electron chi connectivity index (χ0n) is 16.4. The summed E-state index contributed by atoms with van der Waals surface area (Å²) < 4.78 is 31.4. The molecule has 30 heavy (non-hydrogen) atoms. The van der Waals surface area contributed by atoms with Crippen LogP contribution in [0.1, 0.15) is 11.1 Å². The molecule has 0 spiro atoms. The van der Waals surface area contributed by atoms with Crippen LogP contribution in [-0.4, -0.2) is 51.8 Å². The van der Waals surface area contributed by atoms with Gasteiger partial charge in [0.1, 0.15) is 0 Å². The molecule has 0 aliphatic heterocycles. The number of carbonyl (C=O) groups is 2. The molecule has 0 fully saturated rings. The number of methoxy groups -OCH3 is 1. The van der Waals surface area contributed by atoms with Gasteiger partial charge in [0.2, 0.25) is 15.9 Å². The van der Waals surface area contributed by atoms with Crippen molar-refractivity contribution < 1.29 is 27.9 Å². The Morgan fingerprint density at radius 1 is 1.10 bits per heavy atom. The molecule has 0 unspecified atom stereocenters. The molecule has 0 bridgehead atoms. The summed E-state index contributed by atoms with van der Waals surface area (Å²) in [4.78, 5) is 23.6. The third-order valence-corrected chi connectivity index (χ3v) is 5.22.